The first-order valence-electron chi connectivity index (χ1n) is 32.0. The molecule has 45 heteroatoms. The average Bonchev–Trinajstić information content (AvgIpc) is 0.780. The van der Waals surface area contributed by atoms with E-state index in [4.69, 9.17) is 85.3 Å². The van der Waals surface area contributed by atoms with Crippen molar-refractivity contribution in [2.45, 2.75) is 270 Å². The molecule has 9 aliphatic rings. The summed E-state index contributed by atoms with van der Waals surface area (Å²) in [6, 6.07) is 0. The first kappa shape index (κ1) is 82.3. The van der Waals surface area contributed by atoms with Gasteiger partial charge in [0.25, 0.3) is 0 Å². The number of hydrogen-bond donors (Lipinski definition) is 27. The van der Waals surface area contributed by atoms with Crippen LogP contribution in [0.3, 0.4) is 0 Å². The molecule has 0 aromatic heterocycles. The van der Waals surface area contributed by atoms with Gasteiger partial charge in [0.2, 0.25) is 0 Å². The molecule has 0 aliphatic carbocycles. The molecule has 0 saturated carbocycles. The maximum atomic E-state index is 11.5. The van der Waals surface area contributed by atoms with Crippen molar-refractivity contribution in [3.63, 3.8) is 0 Å². The molecule has 9 fully saturated rings. The lowest BCUT2D eigenvalue weighted by Gasteiger charge is -2.50. The molecule has 0 spiro atoms. The van der Waals surface area contributed by atoms with E-state index < -0.39 is 330 Å². The zero-order valence-electron chi connectivity index (χ0n) is 52.9. The van der Waals surface area contributed by atoms with Crippen molar-refractivity contribution in [3.8, 4) is 0 Å². The van der Waals surface area contributed by atoms with Crippen LogP contribution in [0, 0.1) is 0 Å². The van der Waals surface area contributed by atoms with Crippen LogP contribution in [0.1, 0.15) is 0 Å². The van der Waals surface area contributed by atoms with Crippen molar-refractivity contribution in [1.29, 1.82) is 0 Å². The van der Waals surface area contributed by atoms with E-state index in [1.807, 2.05) is 0 Å². The highest BCUT2D eigenvalue weighted by Crippen LogP contribution is 2.40. The summed E-state index contributed by atoms with van der Waals surface area (Å²) in [7, 11) is 1.17. The second kappa shape index (κ2) is 35.9. The second-order valence-corrected chi connectivity index (χ2v) is 25.3. The number of ether oxygens (including phenoxy) is 18. The van der Waals surface area contributed by atoms with Gasteiger partial charge in [-0.25, -0.2) is 0 Å². The van der Waals surface area contributed by atoms with E-state index >= 15 is 0 Å². The third kappa shape index (κ3) is 16.9. The van der Waals surface area contributed by atoms with Gasteiger partial charge in [-0.05, 0) is 0 Å². The summed E-state index contributed by atoms with van der Waals surface area (Å²) in [6.45, 7) is -9.23. The fraction of sp³-hybridized carbons (Fsp3) is 1.00. The van der Waals surface area contributed by atoms with Crippen molar-refractivity contribution >= 4 is 0 Å². The van der Waals surface area contributed by atoms with Gasteiger partial charge >= 0.3 is 0 Å². The van der Waals surface area contributed by atoms with E-state index in [-0.39, 0.29) is 6.61 Å². The quantitative estimate of drug-likeness (QED) is 0.0382. The molecule has 9 heterocycles. The molecule has 0 bridgehead atoms. The Bertz CT molecular complexity index is 2420. The highest BCUT2D eigenvalue weighted by molar-refractivity contribution is 5.02. The summed E-state index contributed by atoms with van der Waals surface area (Å²) in [4.78, 5) is 0. The van der Waals surface area contributed by atoms with Crippen LogP contribution >= 0.6 is 0 Å². The lowest BCUT2D eigenvalue weighted by Crippen LogP contribution is -2.68. The Morgan fingerprint density at radius 1 is 0.210 bits per heavy atom. The Balaban J connectivity index is 0.771. The standard InChI is InChI=1S/C55H94O45/c1-83-39-14(3-57)85-48(31(75)23(39)67)94-41-16(5-59)87-50(33(77)25(41)69)96-43-18(7-61)89-52(35(79)27(43)71)98-45-20(9-63)91-54(37(81)29(45)73)100-47-21(10-64)92-55(38(82)30(47)74)99-46-19(8-62)90-53(36(80)28(46)72)97-44-17(6-60)88-51(34(78)26(44)70)95-42-15(4-58)86-49(32(76)24(42)68)93-40-13(2-56)84-11-12(65)22(40)66/h12-82H,2-11H2,1H3/t12?,13?,14?,15?,16?,17?,18?,19?,20?,21?,22-,23-,24-,25-,26-,27-,28-,29-,30-,31?,32?,33?,34?,35?,36?,37?,38?,39+,40+,41+,42+,43+,44+,45+,46+,47+,48+,49+,50+,51+,52+,53+,54+,55+/m1/s1. The zero-order chi connectivity index (χ0) is 73.2. The van der Waals surface area contributed by atoms with Gasteiger partial charge in [-0.3, -0.25) is 0 Å². The number of aliphatic hydroxyl groups is 27. The Hall–Kier alpha value is -1.80. The van der Waals surface area contributed by atoms with E-state index in [0.717, 1.165) is 0 Å². The van der Waals surface area contributed by atoms with Crippen LogP contribution in [0.25, 0.3) is 0 Å². The Morgan fingerprint density at radius 2 is 0.360 bits per heavy atom. The maximum Gasteiger partial charge on any atom is 0.187 e. The van der Waals surface area contributed by atoms with Crippen LogP contribution < -0.4 is 0 Å². The molecule has 27 N–H and O–H groups in total. The van der Waals surface area contributed by atoms with Gasteiger partial charge in [0.1, 0.15) is 220 Å². The fourth-order valence-electron chi connectivity index (χ4n) is 13.2. The van der Waals surface area contributed by atoms with Crippen LogP contribution in [0.5, 0.6) is 0 Å². The molecular formula is C55H94O45. The molecule has 0 radical (unpaired) electrons. The Labute approximate surface area is 565 Å². The summed E-state index contributed by atoms with van der Waals surface area (Å²) in [5, 5.41) is 292. The summed E-state index contributed by atoms with van der Waals surface area (Å²) in [5.74, 6) is 0. The lowest BCUT2D eigenvalue weighted by atomic mass is 9.95. The largest absolute Gasteiger partial charge is 0.394 e. The predicted octanol–water partition coefficient (Wildman–Crippen LogP) is -19.3. The average molecular weight is 1480 g/mol. The summed E-state index contributed by atoms with van der Waals surface area (Å²) in [6.07, 6.45) is -84.2. The molecular weight excluding hydrogens is 1380 g/mol. The number of rotatable bonds is 26. The Kier molecular flexibility index (Phi) is 29.6. The summed E-state index contributed by atoms with van der Waals surface area (Å²) >= 11 is 0. The van der Waals surface area contributed by atoms with Gasteiger partial charge in [0, 0.05) is 7.11 Å². The Morgan fingerprint density at radius 3 is 0.520 bits per heavy atom. The fourth-order valence-corrected chi connectivity index (χ4v) is 13.2. The van der Waals surface area contributed by atoms with Crippen LogP contribution in [-0.4, -0.2) is 481 Å². The molecule has 100 heavy (non-hydrogen) atoms. The molecule has 18 unspecified atom stereocenters. The molecule has 0 aromatic carbocycles. The molecule has 9 aliphatic heterocycles. The van der Waals surface area contributed by atoms with E-state index in [1.54, 1.807) is 0 Å². The molecule has 9 rings (SSSR count). The minimum absolute atomic E-state index is 0.386. The number of aliphatic hydroxyl groups excluding tert-OH is 27. The minimum atomic E-state index is -2.29. The van der Waals surface area contributed by atoms with Crippen LogP contribution in [-0.2, 0) is 85.3 Å². The summed E-state index contributed by atoms with van der Waals surface area (Å²) in [5.41, 5.74) is 0. The van der Waals surface area contributed by atoms with Crippen molar-refractivity contribution in [2.75, 3.05) is 73.2 Å². The van der Waals surface area contributed by atoms with Crippen molar-refractivity contribution in [3.05, 3.63) is 0 Å². The van der Waals surface area contributed by atoms with E-state index in [0.29, 0.717) is 0 Å². The third-order valence-electron chi connectivity index (χ3n) is 18.9. The monoisotopic (exact) mass is 1470 g/mol. The van der Waals surface area contributed by atoms with Crippen LogP contribution in [0.15, 0.2) is 0 Å². The van der Waals surface area contributed by atoms with Gasteiger partial charge in [0.05, 0.1) is 66.1 Å². The van der Waals surface area contributed by atoms with Gasteiger partial charge in [-0.2, -0.15) is 0 Å². The highest BCUT2D eigenvalue weighted by Gasteiger charge is 2.60. The molecule has 44 atom stereocenters. The molecule has 9 saturated heterocycles. The van der Waals surface area contributed by atoms with E-state index in [2.05, 4.69) is 0 Å². The predicted molar refractivity (Wildman–Crippen MR) is 301 cm³/mol. The normalized spacial score (nSPS) is 52.9. The third-order valence-corrected chi connectivity index (χ3v) is 18.9. The highest BCUT2D eigenvalue weighted by atomic mass is 16.8. The van der Waals surface area contributed by atoms with Gasteiger partial charge in [-0.15, -0.1) is 0 Å². The smallest absolute Gasteiger partial charge is 0.187 e. The first-order valence-corrected chi connectivity index (χ1v) is 32.0. The molecule has 0 amide bonds. The van der Waals surface area contributed by atoms with E-state index in [1.165, 1.54) is 7.11 Å². The lowest BCUT2D eigenvalue weighted by molar-refractivity contribution is -0.399. The zero-order valence-corrected chi connectivity index (χ0v) is 52.9. The second-order valence-electron chi connectivity index (χ2n) is 25.3. The van der Waals surface area contributed by atoms with Gasteiger partial charge < -0.3 is 223 Å². The molecule has 45 nitrogen and oxygen atoms in total. The minimum Gasteiger partial charge on any atom is -0.394 e. The van der Waals surface area contributed by atoms with Gasteiger partial charge in [0.15, 0.2) is 50.3 Å². The van der Waals surface area contributed by atoms with E-state index in [9.17, 15) is 138 Å². The van der Waals surface area contributed by atoms with Gasteiger partial charge in [-0.1, -0.05) is 0 Å². The molecule has 584 valence electrons. The summed E-state index contributed by atoms with van der Waals surface area (Å²) < 4.78 is 101. The van der Waals surface area contributed by atoms with Crippen molar-refractivity contribution in [2.24, 2.45) is 0 Å². The van der Waals surface area contributed by atoms with Crippen molar-refractivity contribution in [1.82, 2.24) is 0 Å². The maximum absolute atomic E-state index is 11.5. The number of hydrogen-bond acceptors (Lipinski definition) is 45. The van der Waals surface area contributed by atoms with Crippen LogP contribution in [0.2, 0.25) is 0 Å². The van der Waals surface area contributed by atoms with Crippen molar-refractivity contribution < 1.29 is 223 Å². The number of methoxy groups -OCH3 is 1. The topological polar surface area (TPSA) is 712 Å². The first-order chi connectivity index (χ1) is 47.6. The molecule has 0 aromatic rings. The SMILES string of the molecule is CO[C@H]1C(CO)O[C@@H](O[C@H]2C(CO)O[C@@H](O[C@H]3C(CO)O[C@@H](O[C@H]4C(CO)O[C@@H](O[C@H]5C(CO)O[C@@H](O[C@H]6C(CO)O[C@@H](O[C@H]7C(CO)O[C@@H](O[C@H]8C(CO)O[C@@H](O[C@H]9C(CO)OCC(O)[C@H]9O)C(O)[C@H]8O)C(O)[C@H]7O)C(O)[C@H]6O)C(O)[C@H]5O)C(O)[C@H]4O)C(O)[C@H]3O)C(O)[C@H]2O)C(O)[C@H]1O. The van der Waals surface area contributed by atoms with Crippen LogP contribution in [0.4, 0.5) is 0 Å².